The number of hydrogen-bond acceptors (Lipinski definition) is 5. The Balaban J connectivity index is 1.51. The SMILES string of the molecule is Cc1nc2c(C(N)=O)cnn2c(C)c1CCC(=O)Nc1cc(F)ccc1N1CCCCC1. The van der Waals surface area contributed by atoms with Gasteiger partial charge in [-0.25, -0.2) is 13.9 Å². The zero-order valence-corrected chi connectivity index (χ0v) is 18.3. The summed E-state index contributed by atoms with van der Waals surface area (Å²) >= 11 is 0. The number of carbonyl (C=O) groups is 2. The quantitative estimate of drug-likeness (QED) is 0.615. The van der Waals surface area contributed by atoms with E-state index >= 15 is 0 Å². The minimum absolute atomic E-state index is 0.203. The number of halogens is 1. The zero-order chi connectivity index (χ0) is 22.8. The Morgan fingerprint density at radius 2 is 1.94 bits per heavy atom. The molecular weight excluding hydrogens is 411 g/mol. The molecule has 0 unspecified atom stereocenters. The molecular formula is C23H27FN6O2. The number of piperidine rings is 1. The molecule has 3 heterocycles. The maximum atomic E-state index is 13.9. The molecule has 0 atom stereocenters. The lowest BCUT2D eigenvalue weighted by atomic mass is 10.1. The summed E-state index contributed by atoms with van der Waals surface area (Å²) in [5, 5.41) is 7.10. The van der Waals surface area contributed by atoms with Gasteiger partial charge in [0, 0.05) is 30.9 Å². The third kappa shape index (κ3) is 4.28. The Hall–Kier alpha value is -3.49. The van der Waals surface area contributed by atoms with Crippen LogP contribution in [-0.4, -0.2) is 39.5 Å². The molecule has 9 heteroatoms. The number of anilines is 2. The van der Waals surface area contributed by atoms with Crippen molar-refractivity contribution >= 4 is 28.8 Å². The van der Waals surface area contributed by atoms with Crippen LogP contribution in [-0.2, 0) is 11.2 Å². The van der Waals surface area contributed by atoms with E-state index in [4.69, 9.17) is 5.73 Å². The molecule has 0 aliphatic carbocycles. The molecule has 1 aliphatic rings. The molecule has 3 aromatic rings. The number of nitrogens with two attached hydrogens (primary N) is 1. The van der Waals surface area contributed by atoms with Gasteiger partial charge in [-0.15, -0.1) is 0 Å². The van der Waals surface area contributed by atoms with Crippen LogP contribution in [0.25, 0.3) is 5.65 Å². The van der Waals surface area contributed by atoms with Gasteiger partial charge in [-0.05, 0) is 63.3 Å². The van der Waals surface area contributed by atoms with Crippen molar-refractivity contribution in [2.24, 2.45) is 5.73 Å². The highest BCUT2D eigenvalue weighted by Gasteiger charge is 2.19. The number of nitrogens with zero attached hydrogens (tertiary/aromatic N) is 4. The maximum absolute atomic E-state index is 13.9. The summed E-state index contributed by atoms with van der Waals surface area (Å²) < 4.78 is 15.5. The average molecular weight is 439 g/mol. The lowest BCUT2D eigenvalue weighted by Gasteiger charge is -2.30. The number of benzene rings is 1. The summed E-state index contributed by atoms with van der Waals surface area (Å²) in [5.74, 6) is -1.17. The Bertz CT molecular complexity index is 1180. The van der Waals surface area contributed by atoms with Crippen LogP contribution in [0, 0.1) is 19.7 Å². The van der Waals surface area contributed by atoms with Gasteiger partial charge in [0.2, 0.25) is 5.91 Å². The Labute approximate surface area is 185 Å². The molecule has 1 aromatic carbocycles. The van der Waals surface area contributed by atoms with Crippen molar-refractivity contribution in [2.45, 2.75) is 46.0 Å². The van der Waals surface area contributed by atoms with Crippen LogP contribution in [0.1, 0.15) is 53.0 Å². The maximum Gasteiger partial charge on any atom is 0.254 e. The molecule has 1 fully saturated rings. The van der Waals surface area contributed by atoms with Gasteiger partial charge in [0.15, 0.2) is 5.65 Å². The monoisotopic (exact) mass is 438 g/mol. The first-order chi connectivity index (χ1) is 15.3. The van der Waals surface area contributed by atoms with E-state index in [-0.39, 0.29) is 23.7 Å². The molecule has 32 heavy (non-hydrogen) atoms. The number of rotatable bonds is 6. The van der Waals surface area contributed by atoms with Crippen LogP contribution in [0.15, 0.2) is 24.4 Å². The Kier molecular flexibility index (Phi) is 6.07. The number of aromatic nitrogens is 3. The number of primary amides is 1. The van der Waals surface area contributed by atoms with Gasteiger partial charge in [0.1, 0.15) is 11.4 Å². The normalized spacial score (nSPS) is 14.0. The van der Waals surface area contributed by atoms with Gasteiger partial charge in [0.25, 0.3) is 5.91 Å². The first-order valence-corrected chi connectivity index (χ1v) is 10.8. The topological polar surface area (TPSA) is 106 Å². The fraction of sp³-hybridized carbons (Fsp3) is 0.391. The number of amides is 2. The smallest absolute Gasteiger partial charge is 0.254 e. The number of fused-ring (bicyclic) bond motifs is 1. The van der Waals surface area contributed by atoms with E-state index in [0.29, 0.717) is 23.4 Å². The van der Waals surface area contributed by atoms with Gasteiger partial charge < -0.3 is 16.0 Å². The van der Waals surface area contributed by atoms with Gasteiger partial charge in [-0.2, -0.15) is 5.10 Å². The first-order valence-electron chi connectivity index (χ1n) is 10.8. The van der Waals surface area contributed by atoms with E-state index in [2.05, 4.69) is 20.3 Å². The van der Waals surface area contributed by atoms with Gasteiger partial charge in [-0.1, -0.05) is 0 Å². The van der Waals surface area contributed by atoms with Crippen molar-refractivity contribution in [1.29, 1.82) is 0 Å². The van der Waals surface area contributed by atoms with Crippen molar-refractivity contribution < 1.29 is 14.0 Å². The van der Waals surface area contributed by atoms with Crippen molar-refractivity contribution in [1.82, 2.24) is 14.6 Å². The third-order valence-electron chi connectivity index (χ3n) is 6.01. The summed E-state index contributed by atoms with van der Waals surface area (Å²) in [5.41, 5.74) is 9.80. The van der Waals surface area contributed by atoms with Crippen molar-refractivity contribution in [3.05, 3.63) is 52.7 Å². The van der Waals surface area contributed by atoms with Gasteiger partial charge in [-0.3, -0.25) is 9.59 Å². The van der Waals surface area contributed by atoms with E-state index in [9.17, 15) is 14.0 Å². The number of aryl methyl sites for hydroxylation is 2. The van der Waals surface area contributed by atoms with Crippen molar-refractivity contribution in [2.75, 3.05) is 23.3 Å². The Morgan fingerprint density at radius 1 is 1.19 bits per heavy atom. The molecule has 2 aromatic heterocycles. The van der Waals surface area contributed by atoms with Crippen molar-refractivity contribution in [3.63, 3.8) is 0 Å². The molecule has 4 rings (SSSR count). The molecule has 3 N–H and O–H groups in total. The van der Waals surface area contributed by atoms with E-state index in [0.717, 1.165) is 42.9 Å². The summed E-state index contributed by atoms with van der Waals surface area (Å²) in [7, 11) is 0. The molecule has 1 aliphatic heterocycles. The highest BCUT2D eigenvalue weighted by Crippen LogP contribution is 2.29. The summed E-state index contributed by atoms with van der Waals surface area (Å²) in [6, 6.07) is 4.54. The van der Waals surface area contributed by atoms with E-state index in [1.54, 1.807) is 10.6 Å². The van der Waals surface area contributed by atoms with Crippen molar-refractivity contribution in [3.8, 4) is 0 Å². The van der Waals surface area contributed by atoms with Gasteiger partial charge >= 0.3 is 0 Å². The van der Waals surface area contributed by atoms with E-state index < -0.39 is 5.91 Å². The molecule has 168 valence electrons. The van der Waals surface area contributed by atoms with Crippen LogP contribution in [0.5, 0.6) is 0 Å². The third-order valence-corrected chi connectivity index (χ3v) is 6.01. The molecule has 0 spiro atoms. The molecule has 2 amide bonds. The highest BCUT2D eigenvalue weighted by molar-refractivity contribution is 5.98. The largest absolute Gasteiger partial charge is 0.370 e. The fourth-order valence-electron chi connectivity index (χ4n) is 4.32. The molecule has 8 nitrogen and oxygen atoms in total. The van der Waals surface area contributed by atoms with Crippen LogP contribution < -0.4 is 16.0 Å². The zero-order valence-electron chi connectivity index (χ0n) is 18.3. The standard InChI is InChI=1S/C23H27FN6O2/c1-14-17(15(2)30-23(27-14)18(13-26-30)22(25)32)7-9-21(31)28-19-12-16(24)6-8-20(19)29-10-4-3-5-11-29/h6,8,12-13H,3-5,7,9-11H2,1-2H3,(H2,25,32)(H,28,31). The van der Waals surface area contributed by atoms with Crippen LogP contribution in [0.2, 0.25) is 0 Å². The second-order valence-electron chi connectivity index (χ2n) is 8.18. The molecule has 0 saturated carbocycles. The number of carbonyl (C=O) groups excluding carboxylic acids is 2. The molecule has 0 radical (unpaired) electrons. The molecule has 0 bridgehead atoms. The first kappa shape index (κ1) is 21.7. The Morgan fingerprint density at radius 3 is 2.66 bits per heavy atom. The minimum Gasteiger partial charge on any atom is -0.370 e. The second kappa shape index (κ2) is 8.94. The second-order valence-corrected chi connectivity index (χ2v) is 8.18. The fourth-order valence-corrected chi connectivity index (χ4v) is 4.32. The van der Waals surface area contributed by atoms with E-state index in [1.165, 1.54) is 24.8 Å². The predicted octanol–water partition coefficient (Wildman–Crippen LogP) is 3.15. The van der Waals surface area contributed by atoms with Crippen LogP contribution in [0.4, 0.5) is 15.8 Å². The van der Waals surface area contributed by atoms with Gasteiger partial charge in [0.05, 0.1) is 17.6 Å². The lowest BCUT2D eigenvalue weighted by molar-refractivity contribution is -0.116. The average Bonchev–Trinajstić information content (AvgIpc) is 3.18. The highest BCUT2D eigenvalue weighted by atomic mass is 19.1. The predicted molar refractivity (Wildman–Crippen MR) is 120 cm³/mol. The minimum atomic E-state index is -0.585. The van der Waals surface area contributed by atoms with Crippen LogP contribution in [0.3, 0.4) is 0 Å². The number of nitrogens with one attached hydrogen (secondary N) is 1. The van der Waals surface area contributed by atoms with E-state index in [1.807, 2.05) is 13.8 Å². The lowest BCUT2D eigenvalue weighted by Crippen LogP contribution is -2.30. The summed E-state index contributed by atoms with van der Waals surface area (Å²) in [4.78, 5) is 31.0. The number of hydrogen-bond donors (Lipinski definition) is 2. The van der Waals surface area contributed by atoms with Crippen LogP contribution >= 0.6 is 0 Å². The molecule has 1 saturated heterocycles. The summed E-state index contributed by atoms with van der Waals surface area (Å²) in [6.07, 6.45) is 5.40. The summed E-state index contributed by atoms with van der Waals surface area (Å²) in [6.45, 7) is 5.50.